The Morgan fingerprint density at radius 1 is 1.12 bits per heavy atom. The van der Waals surface area contributed by atoms with E-state index >= 15 is 0 Å². The number of hydrogen-bond acceptors (Lipinski definition) is 3. The maximum absolute atomic E-state index is 5.38. The predicted molar refractivity (Wildman–Crippen MR) is 67.0 cm³/mol. The van der Waals surface area contributed by atoms with Crippen LogP contribution in [-0.2, 0) is 9.47 Å². The Balaban J connectivity index is 3.09. The van der Waals surface area contributed by atoms with Gasteiger partial charge in [0.05, 0.1) is 19.8 Å². The van der Waals surface area contributed by atoms with E-state index in [1.54, 1.807) is 7.05 Å². The van der Waals surface area contributed by atoms with E-state index in [9.17, 15) is 0 Å². The highest BCUT2D eigenvalue weighted by molar-refractivity contribution is 5.79. The Morgan fingerprint density at radius 3 is 2.38 bits per heavy atom. The Hall–Kier alpha value is -0.810. The van der Waals surface area contributed by atoms with Crippen molar-refractivity contribution >= 4 is 5.96 Å². The lowest BCUT2D eigenvalue weighted by Gasteiger charge is -2.09. The minimum atomic E-state index is 0.656. The van der Waals surface area contributed by atoms with E-state index < -0.39 is 0 Å². The number of unbranched alkanes of at least 4 members (excludes halogenated alkanes) is 1. The lowest BCUT2D eigenvalue weighted by Crippen LogP contribution is -2.36. The van der Waals surface area contributed by atoms with Crippen LogP contribution in [0.1, 0.15) is 19.8 Å². The molecular weight excluding hydrogens is 206 g/mol. The molecule has 0 aliphatic rings. The maximum atomic E-state index is 5.38. The van der Waals surface area contributed by atoms with Crippen molar-refractivity contribution < 1.29 is 9.47 Å². The van der Waals surface area contributed by atoms with Gasteiger partial charge in [-0.05, 0) is 6.42 Å². The van der Waals surface area contributed by atoms with E-state index in [2.05, 4.69) is 22.5 Å². The molecule has 0 rings (SSSR count). The van der Waals surface area contributed by atoms with Crippen LogP contribution in [0.4, 0.5) is 0 Å². The second-order valence-corrected chi connectivity index (χ2v) is 3.33. The third kappa shape index (κ3) is 9.73. The number of hydrogen-bond donors (Lipinski definition) is 2. The molecule has 0 amide bonds. The molecule has 0 aromatic heterocycles. The van der Waals surface area contributed by atoms with Crippen molar-refractivity contribution in [3.05, 3.63) is 0 Å². The van der Waals surface area contributed by atoms with Gasteiger partial charge in [-0.3, -0.25) is 4.99 Å². The number of rotatable bonds is 9. The van der Waals surface area contributed by atoms with Gasteiger partial charge in [0.15, 0.2) is 5.96 Å². The largest absolute Gasteiger partial charge is 0.379 e. The number of ether oxygens (including phenoxy) is 2. The van der Waals surface area contributed by atoms with Crippen LogP contribution >= 0.6 is 0 Å². The van der Waals surface area contributed by atoms with Gasteiger partial charge in [0.2, 0.25) is 0 Å². The molecule has 0 saturated carbocycles. The van der Waals surface area contributed by atoms with Gasteiger partial charge in [-0.25, -0.2) is 0 Å². The summed E-state index contributed by atoms with van der Waals surface area (Å²) in [6.07, 6.45) is 2.30. The molecule has 0 unspecified atom stereocenters. The Kier molecular flexibility index (Phi) is 11.6. The maximum Gasteiger partial charge on any atom is 0.190 e. The molecule has 0 spiro atoms. The summed E-state index contributed by atoms with van der Waals surface area (Å²) in [4.78, 5) is 3.99. The van der Waals surface area contributed by atoms with Crippen LogP contribution < -0.4 is 10.6 Å². The van der Waals surface area contributed by atoms with Crippen molar-refractivity contribution in [2.24, 2.45) is 4.99 Å². The molecule has 0 fully saturated rings. The summed E-state index contributed by atoms with van der Waals surface area (Å²) in [5.41, 5.74) is 0. The van der Waals surface area contributed by atoms with Crippen molar-refractivity contribution in [2.45, 2.75) is 19.8 Å². The van der Waals surface area contributed by atoms with Crippen LogP contribution in [0.2, 0.25) is 0 Å². The van der Waals surface area contributed by atoms with E-state index in [0.717, 1.165) is 25.5 Å². The van der Waals surface area contributed by atoms with Gasteiger partial charge in [0.25, 0.3) is 0 Å². The first-order chi connectivity index (χ1) is 7.85. The standard InChI is InChI=1S/C11H25N3O2/c1-4-5-7-15-9-10-16-8-6-14-11(12-2)13-3/h4-10H2,1-3H3,(H2,12,13,14). The quantitative estimate of drug-likeness (QED) is 0.347. The van der Waals surface area contributed by atoms with Gasteiger partial charge in [-0.1, -0.05) is 13.3 Å². The highest BCUT2D eigenvalue weighted by Gasteiger charge is 1.93. The topological polar surface area (TPSA) is 54.9 Å². The SMILES string of the molecule is CCCCOCCOCCNC(=NC)NC. The Morgan fingerprint density at radius 2 is 1.81 bits per heavy atom. The second kappa shape index (κ2) is 12.3. The molecular formula is C11H25N3O2. The fraction of sp³-hybridized carbons (Fsp3) is 0.909. The van der Waals surface area contributed by atoms with Crippen LogP contribution in [-0.4, -0.2) is 53.0 Å². The average molecular weight is 231 g/mol. The van der Waals surface area contributed by atoms with E-state index in [0.29, 0.717) is 19.8 Å². The minimum Gasteiger partial charge on any atom is -0.379 e. The molecule has 96 valence electrons. The number of nitrogens with one attached hydrogen (secondary N) is 2. The highest BCUT2D eigenvalue weighted by Crippen LogP contribution is 1.87. The Bertz CT molecular complexity index is 175. The zero-order valence-electron chi connectivity index (χ0n) is 10.7. The van der Waals surface area contributed by atoms with Crippen molar-refractivity contribution in [1.29, 1.82) is 0 Å². The minimum absolute atomic E-state index is 0.656. The summed E-state index contributed by atoms with van der Waals surface area (Å²) in [7, 11) is 3.57. The monoisotopic (exact) mass is 231 g/mol. The zero-order valence-corrected chi connectivity index (χ0v) is 10.7. The number of aliphatic imine (C=N–C) groups is 1. The predicted octanol–water partition coefficient (Wildman–Crippen LogP) is 0.615. The molecule has 0 aromatic carbocycles. The first-order valence-electron chi connectivity index (χ1n) is 5.89. The fourth-order valence-corrected chi connectivity index (χ4v) is 1.09. The molecule has 0 saturated heterocycles. The van der Waals surface area contributed by atoms with Crippen LogP contribution in [0.25, 0.3) is 0 Å². The van der Waals surface area contributed by atoms with E-state index in [1.165, 1.54) is 6.42 Å². The molecule has 0 radical (unpaired) electrons. The first kappa shape index (κ1) is 15.2. The summed E-state index contributed by atoms with van der Waals surface area (Å²) in [6.45, 7) is 5.75. The third-order valence-corrected chi connectivity index (χ3v) is 2.01. The molecule has 5 heteroatoms. The van der Waals surface area contributed by atoms with Gasteiger partial charge >= 0.3 is 0 Å². The smallest absolute Gasteiger partial charge is 0.190 e. The van der Waals surface area contributed by atoms with Crippen LogP contribution in [0.5, 0.6) is 0 Å². The lowest BCUT2D eigenvalue weighted by molar-refractivity contribution is 0.0487. The molecule has 2 N–H and O–H groups in total. The second-order valence-electron chi connectivity index (χ2n) is 3.33. The van der Waals surface area contributed by atoms with E-state index in [4.69, 9.17) is 9.47 Å². The van der Waals surface area contributed by atoms with Gasteiger partial charge in [-0.2, -0.15) is 0 Å². The summed E-state index contributed by atoms with van der Waals surface area (Å²) in [5.74, 6) is 0.780. The zero-order chi connectivity index (χ0) is 12.1. The molecule has 0 atom stereocenters. The molecule has 0 aliphatic heterocycles. The van der Waals surface area contributed by atoms with E-state index in [-0.39, 0.29) is 0 Å². The van der Waals surface area contributed by atoms with Gasteiger partial charge in [0, 0.05) is 27.2 Å². The molecule has 0 aromatic rings. The summed E-state index contributed by atoms with van der Waals surface area (Å²) in [5, 5.41) is 6.04. The van der Waals surface area contributed by atoms with Crippen molar-refractivity contribution in [1.82, 2.24) is 10.6 Å². The highest BCUT2D eigenvalue weighted by atomic mass is 16.5. The van der Waals surface area contributed by atoms with Gasteiger partial charge in [-0.15, -0.1) is 0 Å². The summed E-state index contributed by atoms with van der Waals surface area (Å²) < 4.78 is 10.7. The van der Waals surface area contributed by atoms with Crippen molar-refractivity contribution in [2.75, 3.05) is 47.1 Å². The molecule has 0 heterocycles. The van der Waals surface area contributed by atoms with Crippen molar-refractivity contribution in [3.63, 3.8) is 0 Å². The van der Waals surface area contributed by atoms with E-state index in [1.807, 2.05) is 7.05 Å². The molecule has 5 nitrogen and oxygen atoms in total. The molecule has 0 bridgehead atoms. The third-order valence-electron chi connectivity index (χ3n) is 2.01. The molecule has 16 heavy (non-hydrogen) atoms. The van der Waals surface area contributed by atoms with Crippen LogP contribution in [0, 0.1) is 0 Å². The van der Waals surface area contributed by atoms with Crippen LogP contribution in [0.15, 0.2) is 4.99 Å². The first-order valence-corrected chi connectivity index (χ1v) is 5.89. The molecule has 0 aliphatic carbocycles. The lowest BCUT2D eigenvalue weighted by atomic mass is 10.4. The number of guanidine groups is 1. The summed E-state index contributed by atoms with van der Waals surface area (Å²) >= 11 is 0. The normalized spacial score (nSPS) is 11.6. The van der Waals surface area contributed by atoms with Crippen molar-refractivity contribution in [3.8, 4) is 0 Å². The van der Waals surface area contributed by atoms with Gasteiger partial charge in [0.1, 0.15) is 0 Å². The van der Waals surface area contributed by atoms with Gasteiger partial charge < -0.3 is 20.1 Å². The van der Waals surface area contributed by atoms with Crippen LogP contribution in [0.3, 0.4) is 0 Å². The Labute approximate surface area is 98.6 Å². The summed E-state index contributed by atoms with van der Waals surface area (Å²) in [6, 6.07) is 0. The fourth-order valence-electron chi connectivity index (χ4n) is 1.09. The number of nitrogens with zero attached hydrogens (tertiary/aromatic N) is 1. The average Bonchev–Trinajstić information content (AvgIpc) is 2.32.